The molecule has 2 aromatic rings. The van der Waals surface area contributed by atoms with E-state index in [1.165, 1.54) is 16.7 Å². The van der Waals surface area contributed by atoms with Crippen LogP contribution in [0.3, 0.4) is 0 Å². The Balaban J connectivity index is 1.39. The number of fused-ring (bicyclic) bond motifs is 1. The topological polar surface area (TPSA) is 24.5 Å². The highest BCUT2D eigenvalue weighted by Crippen LogP contribution is 2.23. The fourth-order valence-electron chi connectivity index (χ4n) is 3.77. The Bertz CT molecular complexity index is 679. The normalized spacial score (nSPS) is 19.0. The molecule has 0 spiro atoms. The third-order valence-corrected chi connectivity index (χ3v) is 5.10. The predicted molar refractivity (Wildman–Crippen MR) is 97.2 cm³/mol. The smallest absolute Gasteiger partial charge is 0.120 e. The largest absolute Gasteiger partial charge is 0.490 e. The van der Waals surface area contributed by atoms with E-state index in [0.717, 1.165) is 57.7 Å². The van der Waals surface area contributed by atoms with Crippen LogP contribution in [0.15, 0.2) is 48.5 Å². The molecule has 1 N–H and O–H groups in total. The second-order valence-electron chi connectivity index (χ2n) is 6.94. The van der Waals surface area contributed by atoms with Crippen molar-refractivity contribution in [3.63, 3.8) is 0 Å². The zero-order valence-corrected chi connectivity index (χ0v) is 14.2. The number of hydrogen-bond donors (Lipinski definition) is 1. The number of nitrogens with one attached hydrogen (secondary N) is 1. The standard InChI is InChI=1S/C21H26N2O/c1-2-6-19-16-23(13-10-18(19)5-1)15-17-4-3-7-21(14-17)24-20-8-11-22-12-9-20/h1-7,14,20,22H,8-13,15-16H2. The second-order valence-corrected chi connectivity index (χ2v) is 6.94. The molecule has 0 radical (unpaired) electrons. The first-order valence-corrected chi connectivity index (χ1v) is 9.12. The molecule has 2 aliphatic heterocycles. The van der Waals surface area contributed by atoms with E-state index in [1.807, 2.05) is 0 Å². The van der Waals surface area contributed by atoms with Crippen LogP contribution < -0.4 is 10.1 Å². The Morgan fingerprint density at radius 1 is 1.00 bits per heavy atom. The number of nitrogens with zero attached hydrogens (tertiary/aromatic N) is 1. The van der Waals surface area contributed by atoms with Gasteiger partial charge in [-0.25, -0.2) is 0 Å². The Labute approximate surface area is 144 Å². The highest BCUT2D eigenvalue weighted by Gasteiger charge is 2.17. The third kappa shape index (κ3) is 3.80. The summed E-state index contributed by atoms with van der Waals surface area (Å²) in [5, 5.41) is 3.39. The minimum Gasteiger partial charge on any atom is -0.490 e. The molecule has 3 nitrogen and oxygen atoms in total. The summed E-state index contributed by atoms with van der Waals surface area (Å²) >= 11 is 0. The average Bonchev–Trinajstić information content (AvgIpc) is 2.63. The summed E-state index contributed by atoms with van der Waals surface area (Å²) in [6.07, 6.45) is 3.73. The summed E-state index contributed by atoms with van der Waals surface area (Å²) in [4.78, 5) is 2.53. The van der Waals surface area contributed by atoms with Gasteiger partial charge < -0.3 is 10.1 Å². The van der Waals surface area contributed by atoms with Gasteiger partial charge in [-0.05, 0) is 61.2 Å². The quantitative estimate of drug-likeness (QED) is 0.934. The fourth-order valence-corrected chi connectivity index (χ4v) is 3.77. The van der Waals surface area contributed by atoms with Crippen LogP contribution in [0.25, 0.3) is 0 Å². The van der Waals surface area contributed by atoms with E-state index < -0.39 is 0 Å². The molecule has 0 bridgehead atoms. The average molecular weight is 322 g/mol. The van der Waals surface area contributed by atoms with Crippen LogP contribution in [0.4, 0.5) is 0 Å². The van der Waals surface area contributed by atoms with Gasteiger partial charge in [-0.15, -0.1) is 0 Å². The molecule has 2 aliphatic rings. The Hall–Kier alpha value is -1.84. The summed E-state index contributed by atoms with van der Waals surface area (Å²) in [7, 11) is 0. The molecule has 1 saturated heterocycles. The van der Waals surface area contributed by atoms with E-state index in [2.05, 4.69) is 58.7 Å². The van der Waals surface area contributed by atoms with Gasteiger partial charge in [0, 0.05) is 19.6 Å². The van der Waals surface area contributed by atoms with Crippen molar-refractivity contribution in [3.8, 4) is 5.75 Å². The lowest BCUT2D eigenvalue weighted by Crippen LogP contribution is -2.34. The van der Waals surface area contributed by atoms with E-state index in [9.17, 15) is 0 Å². The van der Waals surface area contributed by atoms with Gasteiger partial charge in [0.25, 0.3) is 0 Å². The van der Waals surface area contributed by atoms with Gasteiger partial charge in [0.2, 0.25) is 0 Å². The van der Waals surface area contributed by atoms with Crippen molar-refractivity contribution in [1.82, 2.24) is 10.2 Å². The van der Waals surface area contributed by atoms with Crippen LogP contribution in [-0.4, -0.2) is 30.6 Å². The first-order chi connectivity index (χ1) is 11.9. The molecule has 126 valence electrons. The molecule has 1 fully saturated rings. The van der Waals surface area contributed by atoms with Crippen LogP contribution in [0, 0.1) is 0 Å². The van der Waals surface area contributed by atoms with Gasteiger partial charge in [-0.2, -0.15) is 0 Å². The number of piperidine rings is 1. The molecular weight excluding hydrogens is 296 g/mol. The summed E-state index contributed by atoms with van der Waals surface area (Å²) < 4.78 is 6.18. The van der Waals surface area contributed by atoms with Crippen molar-refractivity contribution in [3.05, 3.63) is 65.2 Å². The van der Waals surface area contributed by atoms with Gasteiger partial charge in [0.05, 0.1) is 0 Å². The molecule has 0 unspecified atom stereocenters. The van der Waals surface area contributed by atoms with Crippen molar-refractivity contribution in [1.29, 1.82) is 0 Å². The molecule has 3 heteroatoms. The van der Waals surface area contributed by atoms with Crippen LogP contribution >= 0.6 is 0 Å². The lowest BCUT2D eigenvalue weighted by molar-refractivity contribution is 0.162. The zero-order valence-electron chi connectivity index (χ0n) is 14.2. The van der Waals surface area contributed by atoms with Crippen molar-refractivity contribution in [2.75, 3.05) is 19.6 Å². The number of benzene rings is 2. The molecule has 0 aromatic heterocycles. The molecule has 0 saturated carbocycles. The highest BCUT2D eigenvalue weighted by molar-refractivity contribution is 5.31. The van der Waals surface area contributed by atoms with Gasteiger partial charge >= 0.3 is 0 Å². The number of rotatable bonds is 4. The van der Waals surface area contributed by atoms with E-state index in [4.69, 9.17) is 4.74 Å². The van der Waals surface area contributed by atoms with E-state index in [1.54, 1.807) is 0 Å². The molecule has 0 amide bonds. The lowest BCUT2D eigenvalue weighted by atomic mass is 9.99. The molecule has 0 atom stereocenters. The zero-order chi connectivity index (χ0) is 16.2. The van der Waals surface area contributed by atoms with Crippen LogP contribution in [0.2, 0.25) is 0 Å². The first kappa shape index (κ1) is 15.7. The van der Waals surface area contributed by atoms with Gasteiger partial charge in [0.15, 0.2) is 0 Å². The number of hydrogen-bond acceptors (Lipinski definition) is 3. The second kappa shape index (κ2) is 7.37. The monoisotopic (exact) mass is 322 g/mol. The Morgan fingerprint density at radius 2 is 1.83 bits per heavy atom. The summed E-state index contributed by atoms with van der Waals surface area (Å²) in [5.41, 5.74) is 4.34. The van der Waals surface area contributed by atoms with Gasteiger partial charge in [-0.3, -0.25) is 4.90 Å². The molecule has 24 heavy (non-hydrogen) atoms. The summed E-state index contributed by atoms with van der Waals surface area (Å²) in [6, 6.07) is 17.5. The molecular formula is C21H26N2O. The van der Waals surface area contributed by atoms with Crippen molar-refractivity contribution in [2.24, 2.45) is 0 Å². The summed E-state index contributed by atoms with van der Waals surface area (Å²) in [6.45, 7) is 5.32. The van der Waals surface area contributed by atoms with E-state index in [0.29, 0.717) is 6.10 Å². The minimum atomic E-state index is 0.364. The number of ether oxygens (including phenoxy) is 1. The molecule has 4 rings (SSSR count). The van der Waals surface area contributed by atoms with Gasteiger partial charge in [-0.1, -0.05) is 36.4 Å². The minimum absolute atomic E-state index is 0.364. The summed E-state index contributed by atoms with van der Waals surface area (Å²) in [5.74, 6) is 1.02. The van der Waals surface area contributed by atoms with Crippen LogP contribution in [0.1, 0.15) is 29.5 Å². The Morgan fingerprint density at radius 3 is 2.71 bits per heavy atom. The maximum Gasteiger partial charge on any atom is 0.120 e. The van der Waals surface area contributed by atoms with Crippen molar-refractivity contribution >= 4 is 0 Å². The first-order valence-electron chi connectivity index (χ1n) is 9.12. The fraction of sp³-hybridized carbons (Fsp3) is 0.429. The predicted octanol–water partition coefficient (Wildman–Crippen LogP) is 3.38. The van der Waals surface area contributed by atoms with Crippen LogP contribution in [-0.2, 0) is 19.5 Å². The molecule has 2 aromatic carbocycles. The lowest BCUT2D eigenvalue weighted by Gasteiger charge is -2.29. The molecule has 2 heterocycles. The SMILES string of the molecule is c1cc(CN2CCc3ccccc3C2)cc(OC2CCNCC2)c1. The molecule has 0 aliphatic carbocycles. The van der Waals surface area contributed by atoms with Crippen molar-refractivity contribution in [2.45, 2.75) is 38.5 Å². The Kier molecular flexibility index (Phi) is 4.81. The van der Waals surface area contributed by atoms with Crippen molar-refractivity contribution < 1.29 is 4.74 Å². The van der Waals surface area contributed by atoms with E-state index >= 15 is 0 Å². The highest BCUT2D eigenvalue weighted by atomic mass is 16.5. The van der Waals surface area contributed by atoms with Gasteiger partial charge in [0.1, 0.15) is 11.9 Å². The maximum atomic E-state index is 6.18. The van der Waals surface area contributed by atoms with E-state index in [-0.39, 0.29) is 0 Å². The maximum absolute atomic E-state index is 6.18. The third-order valence-electron chi connectivity index (χ3n) is 5.10. The van der Waals surface area contributed by atoms with Crippen LogP contribution in [0.5, 0.6) is 5.75 Å².